The Morgan fingerprint density at radius 1 is 1.05 bits per heavy atom. The van der Waals surface area contributed by atoms with Crippen LogP contribution in [0.5, 0.6) is 11.5 Å². The van der Waals surface area contributed by atoms with Gasteiger partial charge in [0.2, 0.25) is 0 Å². The second-order valence-corrected chi connectivity index (χ2v) is 12.3. The van der Waals surface area contributed by atoms with Crippen LogP contribution in [0, 0.1) is 0 Å². The maximum absolute atomic E-state index is 14.1. The maximum Gasteiger partial charge on any atom is 0.338 e. The van der Waals surface area contributed by atoms with Gasteiger partial charge in [-0.2, -0.15) is 0 Å². The molecule has 4 aromatic rings. The van der Waals surface area contributed by atoms with Crippen molar-refractivity contribution in [2.24, 2.45) is 4.99 Å². The van der Waals surface area contributed by atoms with E-state index >= 15 is 0 Å². The van der Waals surface area contributed by atoms with Gasteiger partial charge in [0, 0.05) is 4.90 Å². The van der Waals surface area contributed by atoms with Gasteiger partial charge in [0.1, 0.15) is 6.61 Å². The monoisotopic (exact) mass is 628 g/mol. The van der Waals surface area contributed by atoms with Crippen LogP contribution in [0.4, 0.5) is 0 Å². The van der Waals surface area contributed by atoms with Gasteiger partial charge in [-0.15, -0.1) is 11.8 Å². The first-order valence-corrected chi connectivity index (χ1v) is 16.7. The van der Waals surface area contributed by atoms with E-state index in [1.807, 2.05) is 85.1 Å². The fourth-order valence-electron chi connectivity index (χ4n) is 5.06. The quantitative estimate of drug-likeness (QED) is 0.104. The molecule has 1 aliphatic heterocycles. The lowest BCUT2D eigenvalue weighted by atomic mass is 9.96. The molecule has 0 spiro atoms. The van der Waals surface area contributed by atoms with Crippen LogP contribution in [-0.4, -0.2) is 30.5 Å². The van der Waals surface area contributed by atoms with E-state index in [0.29, 0.717) is 38.7 Å². The molecule has 5 rings (SSSR count). The summed E-state index contributed by atoms with van der Waals surface area (Å²) < 4.78 is 19.4. The minimum absolute atomic E-state index is 0.124. The van der Waals surface area contributed by atoms with Crippen LogP contribution in [0.15, 0.2) is 98.7 Å². The van der Waals surface area contributed by atoms with Crippen molar-refractivity contribution in [3.05, 3.63) is 120 Å². The predicted molar refractivity (Wildman–Crippen MR) is 176 cm³/mol. The average molecular weight is 629 g/mol. The third-order valence-electron chi connectivity index (χ3n) is 7.38. The van der Waals surface area contributed by atoms with Crippen LogP contribution in [0.1, 0.15) is 55.8 Å². The van der Waals surface area contributed by atoms with Crippen LogP contribution in [0.25, 0.3) is 6.08 Å². The first-order valence-electron chi connectivity index (χ1n) is 14.6. The Kier molecular flexibility index (Phi) is 10.4. The number of carbonyl (C=O) groups is 1. The van der Waals surface area contributed by atoms with Crippen molar-refractivity contribution in [2.75, 3.05) is 20.0 Å². The second kappa shape index (κ2) is 14.6. The maximum atomic E-state index is 14.1. The third kappa shape index (κ3) is 7.00. The van der Waals surface area contributed by atoms with Gasteiger partial charge >= 0.3 is 5.97 Å². The summed E-state index contributed by atoms with van der Waals surface area (Å²) in [6.45, 7) is 4.70. The zero-order chi connectivity index (χ0) is 31.1. The summed E-state index contributed by atoms with van der Waals surface area (Å²) in [5.74, 6) is 0.779. The molecular weight excluding hydrogens is 593 g/mol. The average Bonchev–Trinajstić information content (AvgIpc) is 3.35. The van der Waals surface area contributed by atoms with E-state index in [1.54, 1.807) is 30.4 Å². The Morgan fingerprint density at radius 2 is 1.82 bits per heavy atom. The van der Waals surface area contributed by atoms with Gasteiger partial charge in [-0.05, 0) is 66.6 Å². The highest BCUT2D eigenvalue weighted by molar-refractivity contribution is 7.98. The first kappa shape index (κ1) is 31.3. The van der Waals surface area contributed by atoms with Gasteiger partial charge in [-0.1, -0.05) is 79.6 Å². The molecular formula is C35H36N2O5S2. The number of allylic oxidation sites excluding steroid dienone is 1. The lowest BCUT2D eigenvalue weighted by molar-refractivity contribution is -0.140. The number of hydrogen-bond acceptors (Lipinski definition) is 8. The normalized spacial score (nSPS) is 14.6. The zero-order valence-corrected chi connectivity index (χ0v) is 27.0. The largest absolute Gasteiger partial charge is 0.493 e. The fraction of sp³-hybridized carbons (Fsp3) is 0.286. The van der Waals surface area contributed by atoms with Crippen molar-refractivity contribution in [3.63, 3.8) is 0 Å². The van der Waals surface area contributed by atoms with E-state index in [-0.39, 0.29) is 12.2 Å². The van der Waals surface area contributed by atoms with E-state index in [0.717, 1.165) is 40.8 Å². The molecule has 0 N–H and O–H groups in total. The van der Waals surface area contributed by atoms with Gasteiger partial charge in [0.25, 0.3) is 5.56 Å². The van der Waals surface area contributed by atoms with Crippen molar-refractivity contribution < 1.29 is 19.0 Å². The minimum Gasteiger partial charge on any atom is -0.493 e. The van der Waals surface area contributed by atoms with Crippen LogP contribution in [0.2, 0.25) is 0 Å². The molecule has 7 nitrogen and oxygen atoms in total. The number of methoxy groups -OCH3 is 1. The molecule has 0 aliphatic carbocycles. The Balaban J connectivity index is 1.53. The molecule has 9 heteroatoms. The molecule has 2 heterocycles. The lowest BCUT2D eigenvalue weighted by Crippen LogP contribution is -2.39. The Morgan fingerprint density at radius 3 is 2.52 bits per heavy atom. The number of ether oxygens (including phenoxy) is 3. The first-order chi connectivity index (χ1) is 21.4. The molecule has 1 atom stereocenters. The molecule has 228 valence electrons. The van der Waals surface area contributed by atoms with E-state index < -0.39 is 12.0 Å². The zero-order valence-electron chi connectivity index (χ0n) is 25.4. The molecule has 0 radical (unpaired) electrons. The molecule has 3 aromatic carbocycles. The highest BCUT2D eigenvalue weighted by Gasteiger charge is 2.33. The summed E-state index contributed by atoms with van der Waals surface area (Å²) in [5, 5.41) is 0. The van der Waals surface area contributed by atoms with Gasteiger partial charge in [-0.3, -0.25) is 9.36 Å². The lowest BCUT2D eigenvalue weighted by Gasteiger charge is -2.25. The Hall–Kier alpha value is -4.08. The molecule has 0 saturated heterocycles. The van der Waals surface area contributed by atoms with Gasteiger partial charge in [0.05, 0.1) is 35.6 Å². The van der Waals surface area contributed by atoms with E-state index in [2.05, 4.69) is 6.92 Å². The summed E-state index contributed by atoms with van der Waals surface area (Å²) in [5.41, 5.74) is 3.14. The molecule has 1 unspecified atom stereocenters. The number of hydrogen-bond donors (Lipinski definition) is 0. The van der Waals surface area contributed by atoms with Crippen molar-refractivity contribution in [1.29, 1.82) is 0 Å². The summed E-state index contributed by atoms with van der Waals surface area (Å²) >= 11 is 2.92. The number of esters is 1. The highest BCUT2D eigenvalue weighted by atomic mass is 32.2. The smallest absolute Gasteiger partial charge is 0.338 e. The van der Waals surface area contributed by atoms with Gasteiger partial charge in [0.15, 0.2) is 16.3 Å². The fourth-order valence-corrected chi connectivity index (χ4v) is 6.52. The Bertz CT molecular complexity index is 1830. The molecule has 0 saturated carbocycles. The van der Waals surface area contributed by atoms with Gasteiger partial charge in [-0.25, -0.2) is 9.79 Å². The molecule has 1 aromatic heterocycles. The van der Waals surface area contributed by atoms with Gasteiger partial charge < -0.3 is 14.2 Å². The number of benzene rings is 3. The highest BCUT2D eigenvalue weighted by Crippen LogP contribution is 2.32. The number of fused-ring (bicyclic) bond motifs is 1. The summed E-state index contributed by atoms with van der Waals surface area (Å²) in [7, 11) is 1.61. The van der Waals surface area contributed by atoms with E-state index in [9.17, 15) is 9.59 Å². The number of unbranched alkanes of at least 4 members (excludes halogenated alkanes) is 2. The standard InChI is InChI=1S/C35H36N2O5S2/c1-5-6-10-19-41-28-18-13-25(20-29(28)40-3)21-30-33(38)37-32(26-14-16-27(43-4)17-15-26)31(23(2)36-35(37)44-30)34(39)42-22-24-11-8-7-9-12-24/h7-9,11-18,20-21,32H,5-6,10,19,22H2,1-4H3. The predicted octanol–water partition coefficient (Wildman–Crippen LogP) is 6.28. The Labute approximate surface area is 265 Å². The van der Waals surface area contributed by atoms with Crippen molar-refractivity contribution in [1.82, 2.24) is 4.57 Å². The summed E-state index contributed by atoms with van der Waals surface area (Å²) in [4.78, 5) is 34.0. The summed E-state index contributed by atoms with van der Waals surface area (Å²) in [6, 6.07) is 22.4. The van der Waals surface area contributed by atoms with Crippen LogP contribution < -0.4 is 24.4 Å². The van der Waals surface area contributed by atoms with E-state index in [4.69, 9.17) is 19.2 Å². The third-order valence-corrected chi connectivity index (χ3v) is 9.10. The molecule has 0 amide bonds. The minimum atomic E-state index is -0.680. The van der Waals surface area contributed by atoms with Crippen molar-refractivity contribution in [2.45, 2.75) is 50.7 Å². The number of thioether (sulfide) groups is 1. The molecule has 0 bridgehead atoms. The number of rotatable bonds is 12. The number of nitrogens with zero attached hydrogens (tertiary/aromatic N) is 2. The SMILES string of the molecule is CCCCCOc1ccc(C=c2sc3n(c2=O)C(c2ccc(SC)cc2)C(C(=O)OCc2ccccc2)=C(C)N=3)cc1OC. The number of aromatic nitrogens is 1. The topological polar surface area (TPSA) is 79.1 Å². The van der Waals surface area contributed by atoms with Crippen LogP contribution in [0.3, 0.4) is 0 Å². The molecule has 0 fully saturated rings. The van der Waals surface area contributed by atoms with Crippen molar-refractivity contribution in [3.8, 4) is 11.5 Å². The number of thiazole rings is 1. The summed E-state index contributed by atoms with van der Waals surface area (Å²) in [6.07, 6.45) is 7.04. The second-order valence-electron chi connectivity index (χ2n) is 10.4. The van der Waals surface area contributed by atoms with Crippen molar-refractivity contribution >= 4 is 35.1 Å². The van der Waals surface area contributed by atoms with E-state index in [1.165, 1.54) is 11.3 Å². The van der Waals surface area contributed by atoms with Crippen LogP contribution in [-0.2, 0) is 16.1 Å². The molecule has 44 heavy (non-hydrogen) atoms. The molecule has 1 aliphatic rings. The van der Waals surface area contributed by atoms with Crippen LogP contribution >= 0.6 is 23.1 Å². The number of carbonyl (C=O) groups excluding carboxylic acids is 1.